The average Bonchev–Trinajstić information content (AvgIpc) is 3.43. The minimum atomic E-state index is -4.11. The molecule has 0 aliphatic heterocycles. The van der Waals surface area contributed by atoms with Crippen molar-refractivity contribution in [2.45, 2.75) is 87.9 Å². The lowest BCUT2D eigenvalue weighted by molar-refractivity contribution is -0.341. The number of alkyl halides is 3. The second kappa shape index (κ2) is 9.43. The number of carbonyl (C=O) groups is 1. The molecule has 5 saturated carbocycles. The normalized spacial score (nSPS) is 32.8. The molecule has 2 aromatic heterocycles. The molecule has 40 heavy (non-hydrogen) atoms. The first-order valence-corrected chi connectivity index (χ1v) is 14.6. The van der Waals surface area contributed by atoms with E-state index in [1.807, 2.05) is 18.2 Å². The van der Waals surface area contributed by atoms with E-state index < -0.39 is 17.7 Å². The Labute approximate surface area is 232 Å². The summed E-state index contributed by atoms with van der Waals surface area (Å²) in [6.07, 6.45) is 3.17. The number of hydrogen-bond donors (Lipinski definition) is 3. The third-order valence-corrected chi connectivity index (χ3v) is 10.1. The lowest BCUT2D eigenvalue weighted by atomic mass is 9.38. The molecular weight excluding hydrogens is 543 g/mol. The van der Waals surface area contributed by atoms with E-state index in [9.17, 15) is 23.1 Å². The number of aliphatic hydroxyl groups excluding tert-OH is 1. The molecule has 0 saturated heterocycles. The van der Waals surface area contributed by atoms with Crippen LogP contribution in [0.2, 0.25) is 0 Å². The first-order chi connectivity index (χ1) is 19.1. The Morgan fingerprint density at radius 1 is 1.12 bits per heavy atom. The van der Waals surface area contributed by atoms with Crippen LogP contribution in [0.15, 0.2) is 30.6 Å². The molecule has 0 spiro atoms. The third-order valence-electron chi connectivity index (χ3n) is 9.15. The van der Waals surface area contributed by atoms with Crippen molar-refractivity contribution in [1.82, 2.24) is 20.3 Å². The Bertz CT molecular complexity index is 1420. The van der Waals surface area contributed by atoms with Crippen LogP contribution in [-0.2, 0) is 16.1 Å². The average molecular weight is 574 g/mol. The van der Waals surface area contributed by atoms with Gasteiger partial charge in [-0.2, -0.15) is 13.2 Å². The number of aromatic nitrogens is 3. The summed E-state index contributed by atoms with van der Waals surface area (Å²) >= 11 is 1.39. The first-order valence-electron chi connectivity index (χ1n) is 13.8. The van der Waals surface area contributed by atoms with Crippen LogP contribution in [0.4, 0.5) is 18.3 Å². The van der Waals surface area contributed by atoms with Gasteiger partial charge in [0.05, 0.1) is 27.8 Å². The van der Waals surface area contributed by atoms with Crippen molar-refractivity contribution in [3.63, 3.8) is 0 Å². The molecular formula is C28H30F3N5O3S. The number of amides is 1. The molecule has 5 fully saturated rings. The number of rotatable bonds is 8. The Morgan fingerprint density at radius 3 is 2.55 bits per heavy atom. The maximum Gasteiger partial charge on any atom is 0.394 e. The van der Waals surface area contributed by atoms with Gasteiger partial charge in [0.1, 0.15) is 6.61 Å². The maximum atomic E-state index is 13.1. The van der Waals surface area contributed by atoms with Crippen LogP contribution >= 0.6 is 11.3 Å². The molecule has 5 aliphatic rings. The van der Waals surface area contributed by atoms with Crippen LogP contribution in [0.5, 0.6) is 0 Å². The molecule has 12 heteroatoms. The molecule has 3 N–H and O–H groups in total. The highest BCUT2D eigenvalue weighted by atomic mass is 32.1. The number of fused-ring (bicyclic) bond motifs is 1. The number of halogens is 3. The van der Waals surface area contributed by atoms with Crippen LogP contribution in [-0.4, -0.2) is 55.9 Å². The fourth-order valence-corrected chi connectivity index (χ4v) is 7.76. The molecule has 212 valence electrons. The van der Waals surface area contributed by atoms with Crippen molar-refractivity contribution >= 4 is 32.6 Å². The van der Waals surface area contributed by atoms with Crippen LogP contribution in [0.25, 0.3) is 21.3 Å². The molecule has 2 atom stereocenters. The minimum absolute atomic E-state index is 0.0923. The van der Waals surface area contributed by atoms with Gasteiger partial charge in [-0.3, -0.25) is 4.79 Å². The van der Waals surface area contributed by atoms with Gasteiger partial charge in [0.25, 0.3) is 0 Å². The summed E-state index contributed by atoms with van der Waals surface area (Å²) in [7, 11) is 0. The molecule has 2 bridgehead atoms. The van der Waals surface area contributed by atoms with Gasteiger partial charge in [-0.1, -0.05) is 17.4 Å². The highest BCUT2D eigenvalue weighted by Gasteiger charge is 2.78. The third kappa shape index (κ3) is 4.58. The van der Waals surface area contributed by atoms with Crippen molar-refractivity contribution in [2.24, 2.45) is 11.3 Å². The van der Waals surface area contributed by atoms with E-state index in [1.54, 1.807) is 12.4 Å². The molecule has 5 aliphatic carbocycles. The number of aliphatic hydroxyl groups is 1. The number of ether oxygens (including phenoxy) is 1. The zero-order chi connectivity index (χ0) is 27.7. The number of nitrogens with zero attached hydrogens (tertiary/aromatic N) is 3. The van der Waals surface area contributed by atoms with E-state index in [-0.39, 0.29) is 55.4 Å². The Morgan fingerprint density at radius 2 is 1.88 bits per heavy atom. The summed E-state index contributed by atoms with van der Waals surface area (Å²) < 4.78 is 45.9. The van der Waals surface area contributed by atoms with Crippen molar-refractivity contribution in [3.8, 4) is 11.1 Å². The molecule has 8 rings (SSSR count). The fourth-order valence-electron chi connectivity index (χ4n) is 6.85. The van der Waals surface area contributed by atoms with Crippen molar-refractivity contribution in [1.29, 1.82) is 0 Å². The molecule has 1 aromatic carbocycles. The minimum Gasteiger partial charge on any atom is -0.390 e. The van der Waals surface area contributed by atoms with E-state index in [0.29, 0.717) is 23.8 Å². The molecule has 2 heterocycles. The van der Waals surface area contributed by atoms with Crippen molar-refractivity contribution < 1.29 is 27.8 Å². The molecule has 3 aromatic rings. The summed E-state index contributed by atoms with van der Waals surface area (Å²) in [5.74, 6) is 0.299. The zero-order valence-electron chi connectivity index (χ0n) is 21.7. The van der Waals surface area contributed by atoms with Gasteiger partial charge in [-0.25, -0.2) is 15.0 Å². The second-order valence-electron chi connectivity index (χ2n) is 12.0. The predicted octanol–water partition coefficient (Wildman–Crippen LogP) is 4.98. The second-order valence-corrected chi connectivity index (χ2v) is 13.1. The monoisotopic (exact) mass is 573 g/mol. The molecule has 1 amide bonds. The first kappa shape index (κ1) is 26.2. The Kier molecular flexibility index (Phi) is 6.19. The van der Waals surface area contributed by atoms with Crippen LogP contribution in [0, 0.1) is 11.3 Å². The van der Waals surface area contributed by atoms with E-state index in [1.165, 1.54) is 11.3 Å². The lowest BCUT2D eigenvalue weighted by Gasteiger charge is -2.72. The quantitative estimate of drug-likeness (QED) is 0.349. The SMILES string of the molecule is O=C(Nc1nc2ccc(-c3cnc(CO[C@H]4CCC[C@@H]4O)nc3)cc2s1)C1CC(NC23CC(C(F)(F)F)(C2)C3)C1. The van der Waals surface area contributed by atoms with E-state index in [4.69, 9.17) is 4.74 Å². The van der Waals surface area contributed by atoms with Crippen molar-refractivity contribution in [2.75, 3.05) is 5.32 Å². The number of hydrogen-bond acceptors (Lipinski definition) is 8. The molecule has 8 nitrogen and oxygen atoms in total. The largest absolute Gasteiger partial charge is 0.394 e. The van der Waals surface area contributed by atoms with Crippen LogP contribution in [0.1, 0.15) is 57.2 Å². The van der Waals surface area contributed by atoms with Gasteiger partial charge >= 0.3 is 6.18 Å². The van der Waals surface area contributed by atoms with E-state index in [0.717, 1.165) is 40.6 Å². The molecule has 0 unspecified atom stereocenters. The summed E-state index contributed by atoms with van der Waals surface area (Å²) in [5.41, 5.74) is 0.730. The summed E-state index contributed by atoms with van der Waals surface area (Å²) in [5, 5.41) is 16.7. The highest BCUT2D eigenvalue weighted by molar-refractivity contribution is 7.22. The summed E-state index contributed by atoms with van der Waals surface area (Å²) in [6.45, 7) is 0.260. The number of nitrogens with one attached hydrogen (secondary N) is 2. The maximum absolute atomic E-state index is 13.1. The smallest absolute Gasteiger partial charge is 0.390 e. The number of thiazole rings is 1. The standard InChI is InChI=1S/C28H30F3N5O3S/c29-28(30,31)26-12-27(13-26,14-26)36-18-6-16(7-18)24(38)35-25-34-19-5-4-15(8-22(19)40-25)17-9-32-23(33-10-17)11-39-21-3-1-2-20(21)37/h4-5,8-10,16,18,20-21,36-37H,1-3,6-7,11-14H2,(H,34,35,38)/t16?,18?,20-,21-,26?,27?/m0/s1. The summed E-state index contributed by atoms with van der Waals surface area (Å²) in [4.78, 5) is 26.1. The van der Waals surface area contributed by atoms with E-state index >= 15 is 0 Å². The van der Waals surface area contributed by atoms with Gasteiger partial charge in [0.15, 0.2) is 11.0 Å². The Balaban J connectivity index is 0.914. The zero-order valence-corrected chi connectivity index (χ0v) is 22.5. The van der Waals surface area contributed by atoms with Crippen LogP contribution in [0.3, 0.4) is 0 Å². The Hall–Kier alpha value is -2.67. The van der Waals surface area contributed by atoms with Crippen LogP contribution < -0.4 is 10.6 Å². The highest BCUT2D eigenvalue weighted by Crippen LogP contribution is 2.73. The lowest BCUT2D eigenvalue weighted by Crippen LogP contribution is -2.79. The number of carbonyl (C=O) groups excluding carboxylic acids is 1. The van der Waals surface area contributed by atoms with Gasteiger partial charge in [-0.05, 0) is 69.1 Å². The van der Waals surface area contributed by atoms with E-state index in [2.05, 4.69) is 25.6 Å². The predicted molar refractivity (Wildman–Crippen MR) is 142 cm³/mol. The number of benzene rings is 1. The van der Waals surface area contributed by atoms with Gasteiger partial charge in [-0.15, -0.1) is 0 Å². The number of anilines is 1. The summed E-state index contributed by atoms with van der Waals surface area (Å²) in [6, 6.07) is 5.92. The van der Waals surface area contributed by atoms with Gasteiger partial charge in [0.2, 0.25) is 5.91 Å². The van der Waals surface area contributed by atoms with Crippen molar-refractivity contribution in [3.05, 3.63) is 36.4 Å². The fraction of sp³-hybridized carbons (Fsp3) is 0.571. The molecule has 0 radical (unpaired) electrons. The van der Waals surface area contributed by atoms with Gasteiger partial charge < -0.3 is 20.5 Å². The van der Waals surface area contributed by atoms with Gasteiger partial charge in [0, 0.05) is 35.5 Å². The topological polar surface area (TPSA) is 109 Å².